The summed E-state index contributed by atoms with van der Waals surface area (Å²) in [7, 11) is 0. The summed E-state index contributed by atoms with van der Waals surface area (Å²) in [5, 5.41) is 0.963. The highest BCUT2D eigenvalue weighted by Gasteiger charge is 2.15. The summed E-state index contributed by atoms with van der Waals surface area (Å²) in [6.45, 7) is 4.78. The molecule has 2 aromatic carbocycles. The number of hydrogen-bond acceptors (Lipinski definition) is 4. The van der Waals surface area contributed by atoms with Crippen LogP contribution in [0.15, 0.2) is 24.3 Å². The van der Waals surface area contributed by atoms with Gasteiger partial charge in [0.25, 0.3) is 0 Å². The third kappa shape index (κ3) is 3.34. The van der Waals surface area contributed by atoms with E-state index in [0.29, 0.717) is 57.3 Å². The predicted molar refractivity (Wildman–Crippen MR) is 93.1 cm³/mol. The Morgan fingerprint density at radius 1 is 0.773 bits per heavy atom. The first kappa shape index (κ1) is 16.6. The maximum absolute atomic E-state index is 6.31. The van der Waals surface area contributed by atoms with Crippen LogP contribution in [-0.4, -0.2) is 13.2 Å². The summed E-state index contributed by atoms with van der Waals surface area (Å²) in [6.07, 6.45) is 0. The van der Waals surface area contributed by atoms with E-state index in [1.54, 1.807) is 24.3 Å². The van der Waals surface area contributed by atoms with Crippen molar-refractivity contribution in [2.75, 3.05) is 24.7 Å². The molecule has 0 unspecified atom stereocenters. The van der Waals surface area contributed by atoms with Crippen molar-refractivity contribution in [2.45, 2.75) is 13.8 Å². The fraction of sp³-hybridized carbons (Fsp3) is 0.250. The Balaban J connectivity index is 2.60. The van der Waals surface area contributed by atoms with Gasteiger partial charge in [0.15, 0.2) is 0 Å². The number of nitrogens with two attached hydrogens (primary N) is 2. The van der Waals surface area contributed by atoms with Crippen LogP contribution in [0.25, 0.3) is 11.1 Å². The molecule has 118 valence electrons. The number of hydrogen-bond donors (Lipinski definition) is 2. The van der Waals surface area contributed by atoms with Crippen LogP contribution in [0.3, 0.4) is 0 Å². The van der Waals surface area contributed by atoms with Gasteiger partial charge in [-0.05, 0) is 38.1 Å². The second-order valence-corrected chi connectivity index (χ2v) is 5.42. The van der Waals surface area contributed by atoms with Gasteiger partial charge in [-0.1, -0.05) is 23.2 Å². The molecule has 0 spiro atoms. The van der Waals surface area contributed by atoms with Crippen LogP contribution in [0, 0.1) is 0 Å². The van der Waals surface area contributed by atoms with Crippen molar-refractivity contribution in [3.63, 3.8) is 0 Å². The van der Waals surface area contributed by atoms with Gasteiger partial charge in [-0.25, -0.2) is 0 Å². The van der Waals surface area contributed by atoms with Gasteiger partial charge in [-0.15, -0.1) is 0 Å². The Morgan fingerprint density at radius 2 is 1.14 bits per heavy atom. The fourth-order valence-corrected chi connectivity index (χ4v) is 2.66. The van der Waals surface area contributed by atoms with Crippen LogP contribution in [0.5, 0.6) is 11.5 Å². The quantitative estimate of drug-likeness (QED) is 0.779. The van der Waals surface area contributed by atoms with Gasteiger partial charge in [0.1, 0.15) is 11.5 Å². The summed E-state index contributed by atoms with van der Waals surface area (Å²) in [5.41, 5.74) is 14.2. The minimum atomic E-state index is 0.479. The summed E-state index contributed by atoms with van der Waals surface area (Å²) in [5.74, 6) is 1.13. The van der Waals surface area contributed by atoms with E-state index in [4.69, 9.17) is 44.1 Å². The Bertz CT molecular complexity index is 631. The monoisotopic (exact) mass is 340 g/mol. The standard InChI is InChI=1S/C16H18Cl2N2O2/c1-3-21-15-5-9(11(17)7-13(15)19)10-6-16(22-4-2)14(20)8-12(10)18/h5-8H,3-4,19-20H2,1-2H3. The summed E-state index contributed by atoms with van der Waals surface area (Å²) < 4.78 is 11.0. The van der Waals surface area contributed by atoms with Gasteiger partial charge in [0.05, 0.1) is 34.6 Å². The Morgan fingerprint density at radius 3 is 1.45 bits per heavy atom. The number of halogens is 2. The van der Waals surface area contributed by atoms with Gasteiger partial charge < -0.3 is 20.9 Å². The van der Waals surface area contributed by atoms with Crippen LogP contribution in [-0.2, 0) is 0 Å². The van der Waals surface area contributed by atoms with Crippen molar-refractivity contribution in [3.8, 4) is 22.6 Å². The first-order chi connectivity index (χ1) is 10.5. The second kappa shape index (κ2) is 6.99. The number of ether oxygens (including phenoxy) is 2. The maximum Gasteiger partial charge on any atom is 0.142 e. The average molecular weight is 341 g/mol. The maximum atomic E-state index is 6.31. The van der Waals surface area contributed by atoms with E-state index >= 15 is 0 Å². The fourth-order valence-electron chi connectivity index (χ4n) is 2.11. The third-order valence-electron chi connectivity index (χ3n) is 3.09. The summed E-state index contributed by atoms with van der Waals surface area (Å²) in [6, 6.07) is 6.84. The summed E-state index contributed by atoms with van der Waals surface area (Å²) in [4.78, 5) is 0. The molecule has 4 N–H and O–H groups in total. The topological polar surface area (TPSA) is 70.5 Å². The van der Waals surface area contributed by atoms with Crippen LogP contribution < -0.4 is 20.9 Å². The number of nitrogen functional groups attached to an aromatic ring is 2. The molecule has 0 aliphatic carbocycles. The molecule has 2 rings (SSSR count). The SMILES string of the molecule is CCOc1cc(-c2cc(OCC)c(N)cc2Cl)c(Cl)cc1N. The lowest BCUT2D eigenvalue weighted by molar-refractivity contribution is 0.341. The van der Waals surface area contributed by atoms with Crippen LogP contribution in [0.1, 0.15) is 13.8 Å². The minimum Gasteiger partial charge on any atom is -0.492 e. The van der Waals surface area contributed by atoms with E-state index in [2.05, 4.69) is 0 Å². The average Bonchev–Trinajstić information content (AvgIpc) is 2.45. The molecule has 0 saturated heterocycles. The Hall–Kier alpha value is -1.78. The lowest BCUT2D eigenvalue weighted by atomic mass is 10.0. The number of benzene rings is 2. The zero-order valence-electron chi connectivity index (χ0n) is 12.5. The van der Waals surface area contributed by atoms with Gasteiger partial charge >= 0.3 is 0 Å². The molecular formula is C16H18Cl2N2O2. The highest BCUT2D eigenvalue weighted by molar-refractivity contribution is 6.37. The molecule has 0 aromatic heterocycles. The lowest BCUT2D eigenvalue weighted by Gasteiger charge is -2.15. The van der Waals surface area contributed by atoms with Gasteiger partial charge in [0, 0.05) is 11.1 Å². The molecule has 0 atom stereocenters. The molecule has 2 aromatic rings. The molecule has 0 bridgehead atoms. The van der Waals surface area contributed by atoms with Crippen molar-refractivity contribution in [1.82, 2.24) is 0 Å². The molecule has 0 aliphatic heterocycles. The first-order valence-electron chi connectivity index (χ1n) is 6.91. The molecular weight excluding hydrogens is 323 g/mol. The third-order valence-corrected chi connectivity index (χ3v) is 3.71. The highest BCUT2D eigenvalue weighted by Crippen LogP contribution is 2.42. The van der Waals surface area contributed by atoms with E-state index in [9.17, 15) is 0 Å². The zero-order valence-corrected chi connectivity index (χ0v) is 14.0. The van der Waals surface area contributed by atoms with Gasteiger partial charge in [-0.3, -0.25) is 0 Å². The van der Waals surface area contributed by atoms with E-state index in [1.165, 1.54) is 0 Å². The molecule has 0 amide bonds. The normalized spacial score (nSPS) is 10.5. The molecule has 6 heteroatoms. The Labute approximate surface area is 139 Å². The minimum absolute atomic E-state index is 0.479. The molecule has 4 nitrogen and oxygen atoms in total. The molecule has 0 heterocycles. The van der Waals surface area contributed by atoms with E-state index < -0.39 is 0 Å². The molecule has 0 saturated carbocycles. The van der Waals surface area contributed by atoms with Crippen LogP contribution in [0.4, 0.5) is 11.4 Å². The smallest absolute Gasteiger partial charge is 0.142 e. The Kier molecular flexibility index (Phi) is 5.27. The van der Waals surface area contributed by atoms with Crippen molar-refractivity contribution in [3.05, 3.63) is 34.3 Å². The molecule has 0 fully saturated rings. The zero-order chi connectivity index (χ0) is 16.3. The highest BCUT2D eigenvalue weighted by atomic mass is 35.5. The van der Waals surface area contributed by atoms with Crippen molar-refractivity contribution in [1.29, 1.82) is 0 Å². The van der Waals surface area contributed by atoms with Gasteiger partial charge in [-0.2, -0.15) is 0 Å². The van der Waals surface area contributed by atoms with Crippen molar-refractivity contribution >= 4 is 34.6 Å². The van der Waals surface area contributed by atoms with E-state index in [-0.39, 0.29) is 0 Å². The lowest BCUT2D eigenvalue weighted by Crippen LogP contribution is -1.99. The first-order valence-corrected chi connectivity index (χ1v) is 7.67. The predicted octanol–water partition coefficient (Wildman–Crippen LogP) is 4.62. The van der Waals surface area contributed by atoms with Crippen LogP contribution >= 0.6 is 23.2 Å². The molecule has 22 heavy (non-hydrogen) atoms. The molecule has 0 radical (unpaired) electrons. The van der Waals surface area contributed by atoms with Crippen LogP contribution in [0.2, 0.25) is 10.0 Å². The number of rotatable bonds is 5. The second-order valence-electron chi connectivity index (χ2n) is 4.61. The van der Waals surface area contributed by atoms with Gasteiger partial charge in [0.2, 0.25) is 0 Å². The van der Waals surface area contributed by atoms with E-state index in [0.717, 1.165) is 0 Å². The van der Waals surface area contributed by atoms with E-state index in [1.807, 2.05) is 13.8 Å². The summed E-state index contributed by atoms with van der Waals surface area (Å²) >= 11 is 12.6. The number of anilines is 2. The molecule has 0 aliphatic rings. The largest absolute Gasteiger partial charge is 0.492 e. The van der Waals surface area contributed by atoms with Crippen molar-refractivity contribution < 1.29 is 9.47 Å². The van der Waals surface area contributed by atoms with Crippen molar-refractivity contribution in [2.24, 2.45) is 0 Å².